The van der Waals surface area contributed by atoms with Crippen LogP contribution in [0.2, 0.25) is 5.02 Å². The van der Waals surface area contributed by atoms with Crippen LogP contribution in [-0.4, -0.2) is 27.7 Å². The fraction of sp³-hybridized carbons (Fsp3) is 0.136. The summed E-state index contributed by atoms with van der Waals surface area (Å²) in [4.78, 5) is 12.5. The van der Waals surface area contributed by atoms with Gasteiger partial charge in [0.2, 0.25) is 10.0 Å². The molecule has 0 aromatic heterocycles. The number of ether oxygens (including phenoxy) is 1. The second kappa shape index (κ2) is 9.36. The van der Waals surface area contributed by atoms with E-state index in [0.717, 1.165) is 6.26 Å². The summed E-state index contributed by atoms with van der Waals surface area (Å²) in [7, 11) is -2.11. The highest BCUT2D eigenvalue weighted by atomic mass is 35.5. The molecule has 3 aromatic rings. The standard InChI is InChI=1S/C22H20ClFN2O4S/c1-30-21-12-9-18(13-20(21)23)25-22(27)16-5-10-19(11-6-16)26(31(2,28)29)14-15-3-7-17(24)8-4-15/h3-13H,14H2,1-2H3,(H,25,27). The summed E-state index contributed by atoms with van der Waals surface area (Å²) in [6.07, 6.45) is 1.09. The lowest BCUT2D eigenvalue weighted by Crippen LogP contribution is -2.29. The molecule has 0 aliphatic heterocycles. The predicted molar refractivity (Wildman–Crippen MR) is 120 cm³/mol. The van der Waals surface area contributed by atoms with Gasteiger partial charge in [-0.25, -0.2) is 12.8 Å². The number of carbonyl (C=O) groups excluding carboxylic acids is 1. The van der Waals surface area contributed by atoms with Crippen molar-refractivity contribution >= 4 is 38.9 Å². The smallest absolute Gasteiger partial charge is 0.255 e. The Labute approximate surface area is 185 Å². The van der Waals surface area contributed by atoms with Crippen LogP contribution in [-0.2, 0) is 16.6 Å². The van der Waals surface area contributed by atoms with Crippen molar-refractivity contribution in [2.24, 2.45) is 0 Å². The Hall–Kier alpha value is -3.10. The van der Waals surface area contributed by atoms with Crippen LogP contribution in [0.4, 0.5) is 15.8 Å². The predicted octanol–water partition coefficient (Wildman–Crippen LogP) is 4.71. The maximum atomic E-state index is 13.1. The summed E-state index contributed by atoms with van der Waals surface area (Å²) in [5.41, 5.74) is 1.85. The average Bonchev–Trinajstić information content (AvgIpc) is 2.73. The minimum atomic E-state index is -3.61. The van der Waals surface area contributed by atoms with E-state index in [4.69, 9.17) is 16.3 Å². The van der Waals surface area contributed by atoms with Crippen LogP contribution >= 0.6 is 11.6 Å². The van der Waals surface area contributed by atoms with Crippen LogP contribution in [0.1, 0.15) is 15.9 Å². The van der Waals surface area contributed by atoms with Gasteiger partial charge in [0, 0.05) is 11.3 Å². The molecule has 31 heavy (non-hydrogen) atoms. The lowest BCUT2D eigenvalue weighted by atomic mass is 10.1. The molecule has 3 aromatic carbocycles. The summed E-state index contributed by atoms with van der Waals surface area (Å²) in [6, 6.07) is 16.6. The van der Waals surface area contributed by atoms with Crippen LogP contribution in [0.25, 0.3) is 0 Å². The topological polar surface area (TPSA) is 75.7 Å². The summed E-state index contributed by atoms with van der Waals surface area (Å²) in [6.45, 7) is 0.0367. The summed E-state index contributed by atoms with van der Waals surface area (Å²) < 4.78 is 44.0. The molecule has 0 atom stereocenters. The van der Waals surface area contributed by atoms with E-state index in [1.54, 1.807) is 30.3 Å². The van der Waals surface area contributed by atoms with Crippen molar-refractivity contribution in [2.45, 2.75) is 6.54 Å². The Balaban J connectivity index is 1.78. The molecule has 0 radical (unpaired) electrons. The van der Waals surface area contributed by atoms with E-state index in [0.29, 0.717) is 33.3 Å². The van der Waals surface area contributed by atoms with E-state index in [2.05, 4.69) is 5.32 Å². The second-order valence-corrected chi connectivity index (χ2v) is 9.06. The molecule has 0 aliphatic carbocycles. The first-order valence-electron chi connectivity index (χ1n) is 9.14. The van der Waals surface area contributed by atoms with Crippen molar-refractivity contribution < 1.29 is 22.3 Å². The van der Waals surface area contributed by atoms with Crippen molar-refractivity contribution in [3.8, 4) is 5.75 Å². The van der Waals surface area contributed by atoms with Gasteiger partial charge in [-0.2, -0.15) is 0 Å². The number of anilines is 2. The number of methoxy groups -OCH3 is 1. The van der Waals surface area contributed by atoms with Gasteiger partial charge in [0.05, 0.1) is 30.6 Å². The van der Waals surface area contributed by atoms with Crippen LogP contribution in [0, 0.1) is 5.82 Å². The Bertz CT molecular complexity index is 1180. The number of amides is 1. The van der Waals surface area contributed by atoms with Crippen LogP contribution in [0.3, 0.4) is 0 Å². The first-order valence-corrected chi connectivity index (χ1v) is 11.4. The van der Waals surface area contributed by atoms with Gasteiger partial charge < -0.3 is 10.1 Å². The largest absolute Gasteiger partial charge is 0.495 e. The number of nitrogens with one attached hydrogen (secondary N) is 1. The summed E-state index contributed by atoms with van der Waals surface area (Å²) in [5.74, 6) is -0.286. The van der Waals surface area contributed by atoms with E-state index in [-0.39, 0.29) is 12.5 Å². The third-order valence-corrected chi connectivity index (χ3v) is 5.90. The number of rotatable bonds is 7. The first kappa shape index (κ1) is 22.6. The normalized spacial score (nSPS) is 11.1. The first-order chi connectivity index (χ1) is 14.7. The molecular weight excluding hydrogens is 443 g/mol. The molecule has 0 heterocycles. The number of carbonyl (C=O) groups is 1. The molecule has 0 aliphatic rings. The quantitative estimate of drug-likeness (QED) is 0.552. The van der Waals surface area contributed by atoms with E-state index in [9.17, 15) is 17.6 Å². The van der Waals surface area contributed by atoms with Gasteiger partial charge in [0.25, 0.3) is 5.91 Å². The molecule has 0 spiro atoms. The van der Waals surface area contributed by atoms with Crippen molar-refractivity contribution in [1.29, 1.82) is 0 Å². The highest BCUT2D eigenvalue weighted by molar-refractivity contribution is 7.92. The summed E-state index contributed by atoms with van der Waals surface area (Å²) >= 11 is 6.07. The molecule has 0 bridgehead atoms. The highest BCUT2D eigenvalue weighted by Crippen LogP contribution is 2.28. The van der Waals surface area contributed by atoms with Crippen molar-refractivity contribution in [2.75, 3.05) is 23.0 Å². The molecule has 162 valence electrons. The molecule has 0 saturated heterocycles. The van der Waals surface area contributed by atoms with Crippen LogP contribution in [0.5, 0.6) is 5.75 Å². The minimum Gasteiger partial charge on any atom is -0.495 e. The Kier molecular flexibility index (Phi) is 6.82. The number of hydrogen-bond donors (Lipinski definition) is 1. The molecule has 1 amide bonds. The van der Waals surface area contributed by atoms with Gasteiger partial charge in [0.1, 0.15) is 11.6 Å². The van der Waals surface area contributed by atoms with Gasteiger partial charge >= 0.3 is 0 Å². The molecule has 0 saturated carbocycles. The van der Waals surface area contributed by atoms with Gasteiger partial charge in [0.15, 0.2) is 0 Å². The maximum Gasteiger partial charge on any atom is 0.255 e. The van der Waals surface area contributed by atoms with E-state index >= 15 is 0 Å². The SMILES string of the molecule is COc1ccc(NC(=O)c2ccc(N(Cc3ccc(F)cc3)S(C)(=O)=O)cc2)cc1Cl. The fourth-order valence-corrected chi connectivity index (χ4v) is 4.03. The Morgan fingerprint density at radius 2 is 1.71 bits per heavy atom. The monoisotopic (exact) mass is 462 g/mol. The van der Waals surface area contributed by atoms with Gasteiger partial charge in [-0.3, -0.25) is 9.10 Å². The Morgan fingerprint density at radius 1 is 1.06 bits per heavy atom. The lowest BCUT2D eigenvalue weighted by molar-refractivity contribution is 0.102. The van der Waals surface area contributed by atoms with E-state index in [1.807, 2.05) is 0 Å². The second-order valence-electron chi connectivity index (χ2n) is 6.75. The van der Waals surface area contributed by atoms with Crippen LogP contribution in [0.15, 0.2) is 66.7 Å². The Morgan fingerprint density at radius 3 is 2.26 bits per heavy atom. The lowest BCUT2D eigenvalue weighted by Gasteiger charge is -2.22. The van der Waals surface area contributed by atoms with E-state index < -0.39 is 15.8 Å². The molecule has 3 rings (SSSR count). The van der Waals surface area contributed by atoms with Gasteiger partial charge in [-0.05, 0) is 60.2 Å². The third-order valence-electron chi connectivity index (χ3n) is 4.47. The van der Waals surface area contributed by atoms with E-state index in [1.165, 1.54) is 47.8 Å². The van der Waals surface area contributed by atoms with Crippen molar-refractivity contribution in [1.82, 2.24) is 0 Å². The zero-order valence-corrected chi connectivity index (χ0v) is 18.4. The zero-order chi connectivity index (χ0) is 22.6. The molecule has 0 fully saturated rings. The van der Waals surface area contributed by atoms with Crippen molar-refractivity contribution in [3.63, 3.8) is 0 Å². The molecule has 1 N–H and O–H groups in total. The number of nitrogens with zero attached hydrogens (tertiary/aromatic N) is 1. The maximum absolute atomic E-state index is 13.1. The zero-order valence-electron chi connectivity index (χ0n) is 16.8. The number of hydrogen-bond acceptors (Lipinski definition) is 4. The minimum absolute atomic E-state index is 0.0367. The van der Waals surface area contributed by atoms with Crippen LogP contribution < -0.4 is 14.4 Å². The highest BCUT2D eigenvalue weighted by Gasteiger charge is 2.18. The molecular formula is C22H20ClFN2O4S. The number of halogens is 2. The molecule has 0 unspecified atom stereocenters. The third kappa shape index (κ3) is 5.74. The number of benzene rings is 3. The molecule has 9 heteroatoms. The van der Waals surface area contributed by atoms with Gasteiger partial charge in [-0.1, -0.05) is 23.7 Å². The van der Waals surface area contributed by atoms with Gasteiger partial charge in [-0.15, -0.1) is 0 Å². The summed E-state index contributed by atoms with van der Waals surface area (Å²) in [5, 5.41) is 3.09. The molecule has 6 nitrogen and oxygen atoms in total. The fourth-order valence-electron chi connectivity index (χ4n) is 2.88. The van der Waals surface area contributed by atoms with Crippen molar-refractivity contribution in [3.05, 3.63) is 88.7 Å². The number of sulfonamides is 1. The average molecular weight is 463 g/mol.